The second kappa shape index (κ2) is 5.22. The summed E-state index contributed by atoms with van der Waals surface area (Å²) in [7, 11) is 1.61. The fourth-order valence-corrected chi connectivity index (χ4v) is 2.01. The Kier molecular flexibility index (Phi) is 3.26. The monoisotopic (exact) mass is 270 g/mol. The summed E-state index contributed by atoms with van der Waals surface area (Å²) in [4.78, 5) is 4.37. The number of fused-ring (bicyclic) bond motifs is 1. The van der Waals surface area contributed by atoms with Crippen LogP contribution in [-0.4, -0.2) is 21.6 Å². The fourth-order valence-electron chi connectivity index (χ4n) is 2.01. The highest BCUT2D eigenvalue weighted by atomic mass is 16.5. The maximum atomic E-state index is 9.50. The van der Waals surface area contributed by atoms with Crippen LogP contribution in [0.2, 0.25) is 0 Å². The van der Waals surface area contributed by atoms with Crippen LogP contribution in [0.5, 0.6) is 17.4 Å². The molecule has 0 bridgehead atoms. The first-order valence-corrected chi connectivity index (χ1v) is 6.20. The fraction of sp³-hybridized carbons (Fsp3) is 0.133. The molecule has 1 aromatic carbocycles. The van der Waals surface area contributed by atoms with Crippen LogP contribution >= 0.6 is 0 Å². The summed E-state index contributed by atoms with van der Waals surface area (Å²) in [5.74, 6) is 1.81. The van der Waals surface area contributed by atoms with Crippen LogP contribution < -0.4 is 9.47 Å². The number of aliphatic hydroxyl groups is 1. The normalized spacial score (nSPS) is 10.7. The summed E-state index contributed by atoms with van der Waals surface area (Å²) in [5.41, 5.74) is 1.36. The Labute approximate surface area is 116 Å². The molecule has 0 aliphatic heterocycles. The van der Waals surface area contributed by atoms with Crippen molar-refractivity contribution in [2.45, 2.75) is 6.61 Å². The summed E-state index contributed by atoms with van der Waals surface area (Å²) in [5, 5.41) is 9.50. The van der Waals surface area contributed by atoms with Gasteiger partial charge in [-0.2, -0.15) is 4.98 Å². The second-order valence-corrected chi connectivity index (χ2v) is 4.23. The molecule has 3 aromatic rings. The van der Waals surface area contributed by atoms with Crippen molar-refractivity contribution in [3.05, 3.63) is 54.4 Å². The van der Waals surface area contributed by atoms with Crippen LogP contribution in [0.15, 0.2) is 48.7 Å². The molecule has 2 heterocycles. The number of methoxy groups -OCH3 is 1. The predicted octanol–water partition coefficient (Wildman–Crippen LogP) is 2.63. The number of ether oxygens (including phenoxy) is 2. The van der Waals surface area contributed by atoms with E-state index in [0.29, 0.717) is 17.3 Å². The number of aliphatic hydroxyl groups excluding tert-OH is 1. The van der Waals surface area contributed by atoms with E-state index < -0.39 is 0 Å². The van der Waals surface area contributed by atoms with E-state index in [1.165, 1.54) is 0 Å². The Balaban J connectivity index is 1.96. The molecule has 102 valence electrons. The molecule has 1 N–H and O–H groups in total. The van der Waals surface area contributed by atoms with Crippen molar-refractivity contribution in [1.82, 2.24) is 9.38 Å². The smallest absolute Gasteiger partial charge is 0.243 e. The highest BCUT2D eigenvalue weighted by Gasteiger charge is 2.13. The molecular weight excluding hydrogens is 256 g/mol. The van der Waals surface area contributed by atoms with Gasteiger partial charge in [-0.05, 0) is 36.4 Å². The molecule has 0 aliphatic rings. The minimum atomic E-state index is -0.142. The van der Waals surface area contributed by atoms with Crippen LogP contribution in [-0.2, 0) is 6.61 Å². The zero-order valence-electron chi connectivity index (χ0n) is 11.0. The molecule has 0 saturated carbocycles. The number of imidazole rings is 1. The number of rotatable bonds is 4. The van der Waals surface area contributed by atoms with Crippen molar-refractivity contribution in [1.29, 1.82) is 0 Å². The van der Waals surface area contributed by atoms with E-state index in [1.807, 2.05) is 36.5 Å². The molecular formula is C15H14N2O3. The molecule has 20 heavy (non-hydrogen) atoms. The molecule has 0 fully saturated rings. The molecule has 0 amide bonds. The lowest BCUT2D eigenvalue weighted by atomic mass is 10.3. The first kappa shape index (κ1) is 12.5. The van der Waals surface area contributed by atoms with Crippen LogP contribution in [0.1, 0.15) is 5.69 Å². The first-order valence-electron chi connectivity index (χ1n) is 6.20. The maximum Gasteiger partial charge on any atom is 0.243 e. The van der Waals surface area contributed by atoms with Gasteiger partial charge in [0.05, 0.1) is 13.7 Å². The van der Waals surface area contributed by atoms with Gasteiger partial charge in [-0.15, -0.1) is 0 Å². The number of nitrogens with zero attached hydrogens (tertiary/aromatic N) is 2. The topological polar surface area (TPSA) is 56.0 Å². The van der Waals surface area contributed by atoms with E-state index in [2.05, 4.69) is 4.98 Å². The van der Waals surface area contributed by atoms with Crippen molar-refractivity contribution in [2.24, 2.45) is 0 Å². The minimum Gasteiger partial charge on any atom is -0.497 e. The largest absolute Gasteiger partial charge is 0.497 e. The third-order valence-electron chi connectivity index (χ3n) is 3.02. The molecule has 0 spiro atoms. The van der Waals surface area contributed by atoms with Crippen LogP contribution in [0, 0.1) is 0 Å². The maximum absolute atomic E-state index is 9.50. The van der Waals surface area contributed by atoms with Gasteiger partial charge in [-0.1, -0.05) is 6.07 Å². The van der Waals surface area contributed by atoms with Crippen molar-refractivity contribution >= 4 is 5.65 Å². The van der Waals surface area contributed by atoms with Gasteiger partial charge in [0.1, 0.15) is 22.8 Å². The van der Waals surface area contributed by atoms with Gasteiger partial charge in [-0.25, -0.2) is 0 Å². The van der Waals surface area contributed by atoms with Crippen molar-refractivity contribution < 1.29 is 14.6 Å². The Bertz CT molecular complexity index is 720. The van der Waals surface area contributed by atoms with Crippen LogP contribution in [0.25, 0.3) is 5.65 Å². The first-order chi connectivity index (χ1) is 9.81. The lowest BCUT2D eigenvalue weighted by Crippen LogP contribution is -1.94. The van der Waals surface area contributed by atoms with Gasteiger partial charge in [0.2, 0.25) is 5.88 Å². The zero-order valence-corrected chi connectivity index (χ0v) is 11.0. The Hall–Kier alpha value is -2.53. The highest BCUT2D eigenvalue weighted by Crippen LogP contribution is 2.27. The zero-order chi connectivity index (χ0) is 13.9. The van der Waals surface area contributed by atoms with E-state index in [4.69, 9.17) is 9.47 Å². The van der Waals surface area contributed by atoms with E-state index in [0.717, 1.165) is 11.4 Å². The van der Waals surface area contributed by atoms with E-state index in [-0.39, 0.29) is 6.61 Å². The van der Waals surface area contributed by atoms with Gasteiger partial charge in [0.15, 0.2) is 0 Å². The Morgan fingerprint density at radius 2 is 1.85 bits per heavy atom. The van der Waals surface area contributed by atoms with Gasteiger partial charge in [-0.3, -0.25) is 4.40 Å². The lowest BCUT2D eigenvalue weighted by Gasteiger charge is -2.05. The van der Waals surface area contributed by atoms with Gasteiger partial charge >= 0.3 is 0 Å². The third kappa shape index (κ3) is 2.19. The molecule has 2 aromatic heterocycles. The molecule has 0 aliphatic carbocycles. The standard InChI is InChI=1S/C15H14N2O3/c1-19-11-5-7-12(8-6-11)20-15-13(10-18)17-9-3-2-4-14(17)16-15/h2-9,18H,10H2,1H3. The minimum absolute atomic E-state index is 0.142. The van der Waals surface area contributed by atoms with Crippen LogP contribution in [0.3, 0.4) is 0 Å². The number of benzene rings is 1. The van der Waals surface area contributed by atoms with Crippen LogP contribution in [0.4, 0.5) is 0 Å². The summed E-state index contributed by atoms with van der Waals surface area (Å²) in [6, 6.07) is 12.8. The molecule has 0 atom stereocenters. The van der Waals surface area contributed by atoms with Crippen molar-refractivity contribution in [3.63, 3.8) is 0 Å². The average molecular weight is 270 g/mol. The summed E-state index contributed by atoms with van der Waals surface area (Å²) >= 11 is 0. The third-order valence-corrected chi connectivity index (χ3v) is 3.02. The molecule has 5 nitrogen and oxygen atoms in total. The second-order valence-electron chi connectivity index (χ2n) is 4.23. The van der Waals surface area contributed by atoms with E-state index in [1.54, 1.807) is 23.6 Å². The van der Waals surface area contributed by atoms with E-state index in [9.17, 15) is 5.11 Å². The van der Waals surface area contributed by atoms with E-state index >= 15 is 0 Å². The number of aromatic nitrogens is 2. The predicted molar refractivity (Wildman–Crippen MR) is 74.2 cm³/mol. The summed E-state index contributed by atoms with van der Waals surface area (Å²) < 4.78 is 12.6. The number of hydrogen-bond donors (Lipinski definition) is 1. The van der Waals surface area contributed by atoms with Gasteiger partial charge < -0.3 is 14.6 Å². The van der Waals surface area contributed by atoms with Gasteiger partial charge in [0.25, 0.3) is 0 Å². The molecule has 0 saturated heterocycles. The Morgan fingerprint density at radius 1 is 1.10 bits per heavy atom. The van der Waals surface area contributed by atoms with Gasteiger partial charge in [0, 0.05) is 6.20 Å². The average Bonchev–Trinajstić information content (AvgIpc) is 2.85. The number of pyridine rings is 1. The summed E-state index contributed by atoms with van der Waals surface area (Å²) in [6.45, 7) is -0.142. The SMILES string of the molecule is COc1ccc(Oc2nc3ccccn3c2CO)cc1. The molecule has 0 radical (unpaired) electrons. The lowest BCUT2D eigenvalue weighted by molar-refractivity contribution is 0.269. The highest BCUT2D eigenvalue weighted by molar-refractivity contribution is 5.46. The quantitative estimate of drug-likeness (QED) is 0.791. The molecule has 0 unspecified atom stereocenters. The number of hydrogen-bond acceptors (Lipinski definition) is 4. The van der Waals surface area contributed by atoms with Crippen molar-refractivity contribution in [2.75, 3.05) is 7.11 Å². The molecule has 5 heteroatoms. The summed E-state index contributed by atoms with van der Waals surface area (Å²) in [6.07, 6.45) is 1.84. The Morgan fingerprint density at radius 3 is 2.55 bits per heavy atom. The van der Waals surface area contributed by atoms with Crippen molar-refractivity contribution in [3.8, 4) is 17.4 Å². The molecule has 3 rings (SSSR count).